The van der Waals surface area contributed by atoms with Crippen LogP contribution in [0.3, 0.4) is 0 Å². The maximum absolute atomic E-state index is 12.4. The SMILES string of the molecule is O=S(=O)(Nc1ccc(N2CCCCCC2)nc1)c1cccc(Cl)c1. The number of nitrogens with zero attached hydrogens (tertiary/aromatic N) is 2. The summed E-state index contributed by atoms with van der Waals surface area (Å²) in [5, 5.41) is 0.382. The van der Waals surface area contributed by atoms with Gasteiger partial charge in [0.1, 0.15) is 5.82 Å². The third-order valence-corrected chi connectivity index (χ3v) is 5.65. The lowest BCUT2D eigenvalue weighted by Crippen LogP contribution is -2.24. The maximum Gasteiger partial charge on any atom is 0.261 e. The highest BCUT2D eigenvalue weighted by Gasteiger charge is 2.15. The second kappa shape index (κ2) is 7.40. The van der Waals surface area contributed by atoms with E-state index in [1.54, 1.807) is 24.4 Å². The largest absolute Gasteiger partial charge is 0.357 e. The molecule has 1 fully saturated rings. The van der Waals surface area contributed by atoms with Crippen LogP contribution in [0.25, 0.3) is 0 Å². The van der Waals surface area contributed by atoms with Crippen LogP contribution in [0.4, 0.5) is 11.5 Å². The van der Waals surface area contributed by atoms with E-state index >= 15 is 0 Å². The first kappa shape index (κ1) is 17.0. The molecule has 1 saturated heterocycles. The second-order valence-electron chi connectivity index (χ2n) is 5.87. The number of nitrogens with one attached hydrogen (secondary N) is 1. The number of aromatic nitrogens is 1. The van der Waals surface area contributed by atoms with E-state index in [2.05, 4.69) is 14.6 Å². The van der Waals surface area contributed by atoms with E-state index in [4.69, 9.17) is 11.6 Å². The second-order valence-corrected chi connectivity index (χ2v) is 7.99. The molecule has 3 rings (SSSR count). The lowest BCUT2D eigenvalue weighted by Gasteiger charge is -2.21. The fourth-order valence-electron chi connectivity index (χ4n) is 2.78. The van der Waals surface area contributed by atoms with Gasteiger partial charge in [0, 0.05) is 18.1 Å². The molecule has 1 aromatic carbocycles. The zero-order chi connectivity index (χ0) is 17.0. The molecule has 2 aromatic rings. The monoisotopic (exact) mass is 365 g/mol. The van der Waals surface area contributed by atoms with Crippen molar-refractivity contribution < 1.29 is 8.42 Å². The minimum Gasteiger partial charge on any atom is -0.357 e. The summed E-state index contributed by atoms with van der Waals surface area (Å²) in [6.07, 6.45) is 6.42. The average molecular weight is 366 g/mol. The lowest BCUT2D eigenvalue weighted by atomic mass is 10.2. The molecule has 1 aromatic heterocycles. The first-order valence-corrected chi connectivity index (χ1v) is 9.90. The Balaban J connectivity index is 1.74. The predicted octanol–water partition coefficient (Wildman–Crippen LogP) is 3.92. The molecule has 0 spiro atoms. The predicted molar refractivity (Wildman–Crippen MR) is 97.2 cm³/mol. The van der Waals surface area contributed by atoms with Gasteiger partial charge in [-0.2, -0.15) is 0 Å². The molecular weight excluding hydrogens is 346 g/mol. The molecule has 1 aliphatic rings. The zero-order valence-electron chi connectivity index (χ0n) is 13.3. The number of hydrogen-bond acceptors (Lipinski definition) is 4. The van der Waals surface area contributed by atoms with Crippen molar-refractivity contribution in [2.75, 3.05) is 22.7 Å². The van der Waals surface area contributed by atoms with Crippen molar-refractivity contribution >= 4 is 33.1 Å². The third-order valence-electron chi connectivity index (χ3n) is 4.04. The summed E-state index contributed by atoms with van der Waals surface area (Å²) >= 11 is 5.86. The fourth-order valence-corrected chi connectivity index (χ4v) is 4.13. The van der Waals surface area contributed by atoms with Gasteiger partial charge in [0.2, 0.25) is 0 Å². The summed E-state index contributed by atoms with van der Waals surface area (Å²) < 4.78 is 27.3. The average Bonchev–Trinajstić information content (AvgIpc) is 2.84. The molecule has 0 bridgehead atoms. The minimum atomic E-state index is -3.67. The molecule has 0 saturated carbocycles. The quantitative estimate of drug-likeness (QED) is 0.892. The topological polar surface area (TPSA) is 62.3 Å². The molecular formula is C17H20ClN3O2S. The van der Waals surface area contributed by atoms with Crippen LogP contribution >= 0.6 is 11.6 Å². The maximum atomic E-state index is 12.4. The van der Waals surface area contributed by atoms with Gasteiger partial charge in [-0.1, -0.05) is 30.5 Å². The standard InChI is InChI=1S/C17H20ClN3O2S/c18-14-6-5-7-16(12-14)24(22,23)20-15-8-9-17(19-13-15)21-10-3-1-2-4-11-21/h5-9,12-13,20H,1-4,10-11H2. The molecule has 128 valence electrons. The number of halogens is 1. The summed E-state index contributed by atoms with van der Waals surface area (Å²) in [6, 6.07) is 9.78. The van der Waals surface area contributed by atoms with Gasteiger partial charge in [0.15, 0.2) is 0 Å². The lowest BCUT2D eigenvalue weighted by molar-refractivity contribution is 0.601. The Morgan fingerprint density at radius 1 is 1.04 bits per heavy atom. The van der Waals surface area contributed by atoms with Gasteiger partial charge in [-0.15, -0.1) is 0 Å². The Kier molecular flexibility index (Phi) is 5.26. The van der Waals surface area contributed by atoms with Crippen molar-refractivity contribution in [3.8, 4) is 0 Å². The van der Waals surface area contributed by atoms with Crippen LogP contribution in [0.2, 0.25) is 5.02 Å². The van der Waals surface area contributed by atoms with Crippen LogP contribution in [-0.2, 0) is 10.0 Å². The van der Waals surface area contributed by atoms with Gasteiger partial charge in [-0.25, -0.2) is 13.4 Å². The number of anilines is 2. The molecule has 1 aliphatic heterocycles. The van der Waals surface area contributed by atoms with Gasteiger partial charge in [-0.3, -0.25) is 4.72 Å². The highest BCUT2D eigenvalue weighted by Crippen LogP contribution is 2.22. The van der Waals surface area contributed by atoms with Gasteiger partial charge < -0.3 is 4.90 Å². The van der Waals surface area contributed by atoms with Crippen molar-refractivity contribution in [2.24, 2.45) is 0 Å². The Labute approximate surface area is 147 Å². The van der Waals surface area contributed by atoms with E-state index in [9.17, 15) is 8.42 Å². The van der Waals surface area contributed by atoms with Gasteiger partial charge >= 0.3 is 0 Å². The van der Waals surface area contributed by atoms with Crippen LogP contribution in [0, 0.1) is 0 Å². The molecule has 7 heteroatoms. The Morgan fingerprint density at radius 3 is 2.42 bits per heavy atom. The van der Waals surface area contributed by atoms with Crippen LogP contribution in [0.5, 0.6) is 0 Å². The Morgan fingerprint density at radius 2 is 1.79 bits per heavy atom. The molecule has 0 atom stereocenters. The highest BCUT2D eigenvalue weighted by molar-refractivity contribution is 7.92. The van der Waals surface area contributed by atoms with E-state index < -0.39 is 10.0 Å². The summed E-state index contributed by atoms with van der Waals surface area (Å²) in [6.45, 7) is 2.00. The summed E-state index contributed by atoms with van der Waals surface area (Å²) in [4.78, 5) is 6.80. The molecule has 5 nitrogen and oxygen atoms in total. The van der Waals surface area contributed by atoms with Gasteiger partial charge in [0.25, 0.3) is 10.0 Å². The number of rotatable bonds is 4. The minimum absolute atomic E-state index is 0.131. The summed E-state index contributed by atoms with van der Waals surface area (Å²) in [5.74, 6) is 0.891. The number of benzene rings is 1. The molecule has 2 heterocycles. The fraction of sp³-hybridized carbons (Fsp3) is 0.353. The molecule has 0 radical (unpaired) electrons. The van der Waals surface area contributed by atoms with E-state index in [0.717, 1.165) is 18.9 Å². The molecule has 0 amide bonds. The highest BCUT2D eigenvalue weighted by atomic mass is 35.5. The van der Waals surface area contributed by atoms with Crippen molar-refractivity contribution in [3.63, 3.8) is 0 Å². The summed E-state index contributed by atoms with van der Waals surface area (Å²) in [7, 11) is -3.67. The van der Waals surface area contributed by atoms with Crippen molar-refractivity contribution in [1.29, 1.82) is 0 Å². The molecule has 24 heavy (non-hydrogen) atoms. The zero-order valence-corrected chi connectivity index (χ0v) is 14.9. The van der Waals surface area contributed by atoms with Crippen molar-refractivity contribution in [2.45, 2.75) is 30.6 Å². The first-order chi connectivity index (χ1) is 11.5. The van der Waals surface area contributed by atoms with Crippen LogP contribution in [-0.4, -0.2) is 26.5 Å². The number of hydrogen-bond donors (Lipinski definition) is 1. The smallest absolute Gasteiger partial charge is 0.261 e. The van der Waals surface area contributed by atoms with Crippen molar-refractivity contribution in [3.05, 3.63) is 47.6 Å². The molecule has 1 N–H and O–H groups in total. The van der Waals surface area contributed by atoms with Gasteiger partial charge in [0.05, 0.1) is 16.8 Å². The molecule has 0 aliphatic carbocycles. The number of pyridine rings is 1. The van der Waals surface area contributed by atoms with Crippen LogP contribution in [0.1, 0.15) is 25.7 Å². The van der Waals surface area contributed by atoms with Crippen LogP contribution in [0.15, 0.2) is 47.5 Å². The van der Waals surface area contributed by atoms with E-state index in [1.165, 1.54) is 37.8 Å². The van der Waals surface area contributed by atoms with E-state index in [1.807, 2.05) is 6.07 Å². The van der Waals surface area contributed by atoms with E-state index in [0.29, 0.717) is 10.7 Å². The van der Waals surface area contributed by atoms with E-state index in [-0.39, 0.29) is 4.90 Å². The Bertz CT molecular complexity index is 786. The number of sulfonamides is 1. The molecule has 0 unspecified atom stereocenters. The van der Waals surface area contributed by atoms with Gasteiger partial charge in [-0.05, 0) is 43.2 Å². The normalized spacial score (nSPS) is 15.8. The summed E-state index contributed by atoms with van der Waals surface area (Å²) in [5.41, 5.74) is 0.438. The van der Waals surface area contributed by atoms with Crippen LogP contribution < -0.4 is 9.62 Å². The Hall–Kier alpha value is -1.79. The third kappa shape index (κ3) is 4.19. The van der Waals surface area contributed by atoms with Crippen molar-refractivity contribution in [1.82, 2.24) is 4.98 Å². The first-order valence-electron chi connectivity index (χ1n) is 8.04.